The van der Waals surface area contributed by atoms with Gasteiger partial charge in [-0.25, -0.2) is 0 Å². The lowest BCUT2D eigenvalue weighted by atomic mass is 9.97. The average Bonchev–Trinajstić information content (AvgIpc) is 3.38. The van der Waals surface area contributed by atoms with Crippen LogP contribution in [-0.2, 0) is 24.4 Å². The molecule has 1 N–H and O–H groups in total. The molecule has 7 heteroatoms. The molecule has 3 aromatic rings. The Labute approximate surface area is 213 Å². The summed E-state index contributed by atoms with van der Waals surface area (Å²) in [5.41, 5.74) is 3.43. The first-order chi connectivity index (χ1) is 17.6. The average molecular weight is 488 g/mol. The zero-order valence-corrected chi connectivity index (χ0v) is 21.2. The maximum Gasteiger partial charge on any atom is 0.241 e. The highest BCUT2D eigenvalue weighted by Gasteiger charge is 2.27. The maximum absolute atomic E-state index is 12.9. The van der Waals surface area contributed by atoms with Crippen LogP contribution in [0.15, 0.2) is 59.1 Å². The van der Waals surface area contributed by atoms with E-state index in [-0.39, 0.29) is 11.8 Å². The molecule has 3 heterocycles. The summed E-state index contributed by atoms with van der Waals surface area (Å²) in [4.78, 5) is 22.2. The molecule has 2 aromatic carbocycles. The second kappa shape index (κ2) is 11.8. The third-order valence-corrected chi connectivity index (χ3v) is 7.51. The van der Waals surface area contributed by atoms with Gasteiger partial charge in [-0.1, -0.05) is 66.7 Å². The van der Waals surface area contributed by atoms with Crippen LogP contribution in [0.1, 0.15) is 49.6 Å². The third kappa shape index (κ3) is 6.59. The van der Waals surface area contributed by atoms with E-state index < -0.39 is 0 Å². The summed E-state index contributed by atoms with van der Waals surface area (Å²) in [6.07, 6.45) is 4.50. The Morgan fingerprint density at radius 2 is 1.69 bits per heavy atom. The molecule has 1 atom stereocenters. The van der Waals surface area contributed by atoms with Gasteiger partial charge < -0.3 is 9.84 Å². The first-order valence-corrected chi connectivity index (χ1v) is 13.3. The van der Waals surface area contributed by atoms with Gasteiger partial charge >= 0.3 is 0 Å². The minimum Gasteiger partial charge on any atom is -0.352 e. The molecule has 5 rings (SSSR count). The zero-order chi connectivity index (χ0) is 24.7. The van der Waals surface area contributed by atoms with Crippen LogP contribution in [-0.4, -0.2) is 52.0 Å². The summed E-state index contributed by atoms with van der Waals surface area (Å²) >= 11 is 0. The van der Waals surface area contributed by atoms with Crippen molar-refractivity contribution in [2.45, 2.75) is 52.2 Å². The van der Waals surface area contributed by atoms with Gasteiger partial charge in [-0.3, -0.25) is 14.6 Å². The molecule has 1 amide bonds. The van der Waals surface area contributed by atoms with E-state index in [9.17, 15) is 4.79 Å². The highest BCUT2D eigenvalue weighted by molar-refractivity contribution is 5.79. The van der Waals surface area contributed by atoms with E-state index in [1.807, 2.05) is 30.3 Å². The Kier molecular flexibility index (Phi) is 8.08. The zero-order valence-electron chi connectivity index (χ0n) is 21.2. The van der Waals surface area contributed by atoms with Crippen molar-refractivity contribution in [3.05, 3.63) is 71.6 Å². The van der Waals surface area contributed by atoms with Gasteiger partial charge in [0, 0.05) is 25.2 Å². The maximum atomic E-state index is 12.9. The molecule has 0 aliphatic carbocycles. The summed E-state index contributed by atoms with van der Waals surface area (Å²) < 4.78 is 5.48. The van der Waals surface area contributed by atoms with E-state index in [0.29, 0.717) is 31.3 Å². The number of nitrogens with one attached hydrogen (secondary N) is 1. The summed E-state index contributed by atoms with van der Waals surface area (Å²) in [5.74, 6) is 2.16. The highest BCUT2D eigenvalue weighted by atomic mass is 16.5. The largest absolute Gasteiger partial charge is 0.352 e. The number of likely N-dealkylation sites (tertiary alicyclic amines) is 2. The molecule has 2 aliphatic rings. The smallest absolute Gasteiger partial charge is 0.241 e. The van der Waals surface area contributed by atoms with Crippen molar-refractivity contribution in [1.82, 2.24) is 25.3 Å². The molecule has 190 valence electrons. The number of piperidine rings is 2. The van der Waals surface area contributed by atoms with Crippen molar-refractivity contribution in [2.24, 2.45) is 11.8 Å². The van der Waals surface area contributed by atoms with Crippen LogP contribution in [0.2, 0.25) is 0 Å². The number of amides is 1. The van der Waals surface area contributed by atoms with Crippen LogP contribution in [0.4, 0.5) is 0 Å². The summed E-state index contributed by atoms with van der Waals surface area (Å²) in [6, 6.07) is 18.5. The highest BCUT2D eigenvalue weighted by Crippen LogP contribution is 2.21. The number of nitrogens with zero attached hydrogens (tertiary/aromatic N) is 4. The molecule has 36 heavy (non-hydrogen) atoms. The third-order valence-electron chi connectivity index (χ3n) is 7.51. The Hall–Kier alpha value is -3.03. The number of carbonyl (C=O) groups is 1. The molecule has 2 fully saturated rings. The van der Waals surface area contributed by atoms with Crippen molar-refractivity contribution in [2.75, 3.05) is 26.2 Å². The summed E-state index contributed by atoms with van der Waals surface area (Å²) in [7, 11) is 0. The monoisotopic (exact) mass is 487 g/mol. The molecular formula is C29H37N5O2. The first-order valence-electron chi connectivity index (χ1n) is 13.3. The minimum absolute atomic E-state index is 0.0176. The van der Waals surface area contributed by atoms with Crippen molar-refractivity contribution in [1.29, 1.82) is 0 Å². The number of hydrogen-bond acceptors (Lipinski definition) is 6. The molecule has 1 unspecified atom stereocenters. The van der Waals surface area contributed by atoms with Crippen LogP contribution in [0, 0.1) is 11.8 Å². The molecule has 0 saturated carbocycles. The lowest BCUT2D eigenvalue weighted by Gasteiger charge is -2.31. The number of aromatic nitrogens is 2. The van der Waals surface area contributed by atoms with Crippen LogP contribution < -0.4 is 5.32 Å². The lowest BCUT2D eigenvalue weighted by Crippen LogP contribution is -2.42. The fourth-order valence-corrected chi connectivity index (χ4v) is 5.20. The predicted octanol–water partition coefficient (Wildman–Crippen LogP) is 4.50. The fourth-order valence-electron chi connectivity index (χ4n) is 5.20. The van der Waals surface area contributed by atoms with Crippen molar-refractivity contribution in [3.8, 4) is 11.4 Å². The van der Waals surface area contributed by atoms with Crippen LogP contribution in [0.25, 0.3) is 11.4 Å². The van der Waals surface area contributed by atoms with Crippen LogP contribution in [0.5, 0.6) is 0 Å². The first kappa shape index (κ1) is 24.7. The minimum atomic E-state index is -0.0176. The molecule has 2 saturated heterocycles. The number of benzene rings is 2. The van der Waals surface area contributed by atoms with Gasteiger partial charge in [0.2, 0.25) is 17.6 Å². The molecule has 0 spiro atoms. The molecule has 0 bridgehead atoms. The van der Waals surface area contributed by atoms with Gasteiger partial charge in [-0.2, -0.15) is 4.98 Å². The van der Waals surface area contributed by atoms with E-state index in [0.717, 1.165) is 43.0 Å². The molecule has 0 radical (unpaired) electrons. The number of carbonyl (C=O) groups excluding carboxylic acids is 1. The summed E-state index contributed by atoms with van der Waals surface area (Å²) in [6.45, 7) is 8.54. The topological polar surface area (TPSA) is 74.5 Å². The number of rotatable bonds is 8. The van der Waals surface area contributed by atoms with Gasteiger partial charge in [-0.15, -0.1) is 0 Å². The summed E-state index contributed by atoms with van der Waals surface area (Å²) in [5, 5.41) is 7.27. The lowest BCUT2D eigenvalue weighted by molar-refractivity contribution is -0.127. The van der Waals surface area contributed by atoms with Crippen LogP contribution >= 0.6 is 0 Å². The van der Waals surface area contributed by atoms with Gasteiger partial charge in [0.15, 0.2) is 0 Å². The fraction of sp³-hybridized carbons (Fsp3) is 0.483. The van der Waals surface area contributed by atoms with E-state index in [1.165, 1.54) is 31.5 Å². The Balaban J connectivity index is 1.07. The van der Waals surface area contributed by atoms with Crippen molar-refractivity contribution >= 4 is 5.91 Å². The van der Waals surface area contributed by atoms with E-state index in [2.05, 4.69) is 56.4 Å². The van der Waals surface area contributed by atoms with Crippen molar-refractivity contribution < 1.29 is 9.32 Å². The molecular weight excluding hydrogens is 450 g/mol. The number of hydrogen-bond donors (Lipinski definition) is 1. The van der Waals surface area contributed by atoms with Gasteiger partial charge in [0.25, 0.3) is 0 Å². The molecule has 7 nitrogen and oxygen atoms in total. The van der Waals surface area contributed by atoms with E-state index in [1.54, 1.807) is 0 Å². The Bertz CT molecular complexity index is 1110. The normalized spacial score (nSPS) is 19.9. The van der Waals surface area contributed by atoms with Gasteiger partial charge in [-0.05, 0) is 62.4 Å². The SMILES string of the molecule is CC1CCN(Cc2ccc(CNC(=O)C3CCCN(Cc4nc(-c5ccccc5)no4)C3)cc2)CC1. The van der Waals surface area contributed by atoms with Gasteiger partial charge in [0.05, 0.1) is 12.5 Å². The van der Waals surface area contributed by atoms with E-state index in [4.69, 9.17) is 4.52 Å². The Morgan fingerprint density at radius 1 is 0.944 bits per heavy atom. The second-order valence-electron chi connectivity index (χ2n) is 10.4. The van der Waals surface area contributed by atoms with Gasteiger partial charge in [0.1, 0.15) is 0 Å². The van der Waals surface area contributed by atoms with E-state index >= 15 is 0 Å². The standard InChI is InChI=1S/C29H37N5O2/c1-22-13-16-33(17-14-22)19-24-11-9-23(10-12-24)18-30-29(35)26-8-5-15-34(20-26)21-27-31-28(32-36-27)25-6-3-2-4-7-25/h2-4,6-7,9-12,22,26H,5,8,13-21H2,1H3,(H,30,35). The predicted molar refractivity (Wildman–Crippen MR) is 140 cm³/mol. The van der Waals surface area contributed by atoms with Crippen molar-refractivity contribution in [3.63, 3.8) is 0 Å². The Morgan fingerprint density at radius 3 is 2.47 bits per heavy atom. The molecule has 1 aromatic heterocycles. The quantitative estimate of drug-likeness (QED) is 0.504. The van der Waals surface area contributed by atoms with Crippen LogP contribution in [0.3, 0.4) is 0 Å². The second-order valence-corrected chi connectivity index (χ2v) is 10.4. The molecule has 2 aliphatic heterocycles.